The standard InChI is InChI=1S/C11H19NO5/c1-6(14)12-4-2-3-7-9(12)11(16)10(15)8(5-13)17-7/h7-11,13,15-16H,2-5H2,1H3/t7?,8?,9-,10-,11?/m0/s1. The Bertz CT molecular complexity index is 296. The maximum atomic E-state index is 11.5. The van der Waals surface area contributed by atoms with Crippen LogP contribution in [0, 0.1) is 0 Å². The molecule has 0 saturated carbocycles. The van der Waals surface area contributed by atoms with Crippen LogP contribution in [-0.4, -0.2) is 69.7 Å². The average Bonchev–Trinajstić information content (AvgIpc) is 2.32. The van der Waals surface area contributed by atoms with Crippen LogP contribution in [0.4, 0.5) is 0 Å². The van der Waals surface area contributed by atoms with Gasteiger partial charge >= 0.3 is 0 Å². The van der Waals surface area contributed by atoms with E-state index in [4.69, 9.17) is 9.84 Å². The van der Waals surface area contributed by atoms with Gasteiger partial charge in [-0.1, -0.05) is 0 Å². The quantitative estimate of drug-likeness (QED) is 0.522. The third kappa shape index (κ3) is 2.18. The van der Waals surface area contributed by atoms with Gasteiger partial charge in [0, 0.05) is 13.5 Å². The number of piperidine rings is 1. The number of carbonyl (C=O) groups excluding carboxylic acids is 1. The Morgan fingerprint density at radius 3 is 2.71 bits per heavy atom. The van der Waals surface area contributed by atoms with Crippen LogP contribution in [0.1, 0.15) is 19.8 Å². The van der Waals surface area contributed by atoms with Crippen LogP contribution >= 0.6 is 0 Å². The van der Waals surface area contributed by atoms with E-state index < -0.39 is 24.4 Å². The number of ether oxygens (including phenoxy) is 1. The number of nitrogens with zero attached hydrogens (tertiary/aromatic N) is 1. The number of hydrogen-bond donors (Lipinski definition) is 3. The van der Waals surface area contributed by atoms with Crippen molar-refractivity contribution in [3.8, 4) is 0 Å². The zero-order chi connectivity index (χ0) is 12.6. The molecule has 6 heteroatoms. The summed E-state index contributed by atoms with van der Waals surface area (Å²) in [6, 6.07) is -0.501. The summed E-state index contributed by atoms with van der Waals surface area (Å²) in [6.07, 6.45) is -1.74. The number of amides is 1. The SMILES string of the molecule is CC(=O)N1CCCC2OC(CO)[C@H](O)C(O)[C@H]21. The van der Waals surface area contributed by atoms with Gasteiger partial charge in [-0.2, -0.15) is 0 Å². The van der Waals surface area contributed by atoms with E-state index in [1.54, 1.807) is 4.90 Å². The van der Waals surface area contributed by atoms with Crippen LogP contribution < -0.4 is 0 Å². The van der Waals surface area contributed by atoms with E-state index in [1.165, 1.54) is 6.92 Å². The van der Waals surface area contributed by atoms with Crippen LogP contribution in [0.15, 0.2) is 0 Å². The molecule has 3 unspecified atom stereocenters. The van der Waals surface area contributed by atoms with Gasteiger partial charge in [0.05, 0.1) is 18.8 Å². The largest absolute Gasteiger partial charge is 0.394 e. The normalized spacial score (nSPS) is 42.1. The highest BCUT2D eigenvalue weighted by Crippen LogP contribution is 2.31. The lowest BCUT2D eigenvalue weighted by atomic mass is 9.86. The van der Waals surface area contributed by atoms with E-state index in [2.05, 4.69) is 0 Å². The van der Waals surface area contributed by atoms with Crippen molar-refractivity contribution in [1.82, 2.24) is 4.90 Å². The van der Waals surface area contributed by atoms with Crippen LogP contribution in [0.3, 0.4) is 0 Å². The van der Waals surface area contributed by atoms with Crippen molar-refractivity contribution in [2.24, 2.45) is 0 Å². The number of carbonyl (C=O) groups is 1. The monoisotopic (exact) mass is 245 g/mol. The van der Waals surface area contributed by atoms with E-state index in [9.17, 15) is 15.0 Å². The summed E-state index contributed by atoms with van der Waals surface area (Å²) >= 11 is 0. The Morgan fingerprint density at radius 1 is 1.41 bits per heavy atom. The molecule has 2 rings (SSSR count). The minimum absolute atomic E-state index is 0.128. The first-order valence-electron chi connectivity index (χ1n) is 5.96. The first-order chi connectivity index (χ1) is 8.06. The van der Waals surface area contributed by atoms with Crippen molar-refractivity contribution in [3.63, 3.8) is 0 Å². The van der Waals surface area contributed by atoms with Gasteiger partial charge in [-0.15, -0.1) is 0 Å². The van der Waals surface area contributed by atoms with E-state index in [-0.39, 0.29) is 18.6 Å². The van der Waals surface area contributed by atoms with Gasteiger partial charge in [-0.25, -0.2) is 0 Å². The molecule has 0 aliphatic carbocycles. The van der Waals surface area contributed by atoms with Crippen LogP contribution in [0.2, 0.25) is 0 Å². The molecule has 0 aromatic carbocycles. The van der Waals surface area contributed by atoms with Gasteiger partial charge in [0.2, 0.25) is 5.91 Å². The van der Waals surface area contributed by atoms with Crippen LogP contribution in [0.25, 0.3) is 0 Å². The predicted octanol–water partition coefficient (Wildman–Crippen LogP) is -1.52. The summed E-state index contributed by atoms with van der Waals surface area (Å²) < 4.78 is 5.55. The van der Waals surface area contributed by atoms with Crippen molar-refractivity contribution < 1.29 is 24.9 Å². The third-order valence-corrected chi connectivity index (χ3v) is 3.64. The fraction of sp³-hybridized carbons (Fsp3) is 0.909. The van der Waals surface area contributed by atoms with Crippen molar-refractivity contribution in [2.45, 2.75) is 50.2 Å². The summed E-state index contributed by atoms with van der Waals surface area (Å²) in [7, 11) is 0. The van der Waals surface area contributed by atoms with Crippen LogP contribution in [0.5, 0.6) is 0 Å². The predicted molar refractivity (Wildman–Crippen MR) is 58.2 cm³/mol. The summed E-state index contributed by atoms with van der Waals surface area (Å²) in [5.41, 5.74) is 0. The Labute approximate surface area is 99.8 Å². The minimum Gasteiger partial charge on any atom is -0.394 e. The molecular formula is C11H19NO5. The zero-order valence-electron chi connectivity index (χ0n) is 9.82. The van der Waals surface area contributed by atoms with Gasteiger partial charge in [0.25, 0.3) is 0 Å². The second-order valence-corrected chi connectivity index (χ2v) is 4.72. The summed E-state index contributed by atoms with van der Waals surface area (Å²) in [6.45, 7) is 1.69. The molecule has 0 bridgehead atoms. The highest BCUT2D eigenvalue weighted by molar-refractivity contribution is 5.74. The zero-order valence-corrected chi connectivity index (χ0v) is 9.82. The molecule has 0 aromatic rings. The number of aliphatic hydroxyl groups excluding tert-OH is 3. The number of hydrogen-bond acceptors (Lipinski definition) is 5. The first kappa shape index (κ1) is 12.8. The lowest BCUT2D eigenvalue weighted by Crippen LogP contribution is -2.66. The third-order valence-electron chi connectivity index (χ3n) is 3.64. The number of likely N-dealkylation sites (tertiary alicyclic amines) is 1. The molecule has 2 saturated heterocycles. The molecule has 2 heterocycles. The molecular weight excluding hydrogens is 226 g/mol. The Morgan fingerprint density at radius 2 is 2.12 bits per heavy atom. The highest BCUT2D eigenvalue weighted by Gasteiger charge is 2.48. The average molecular weight is 245 g/mol. The second kappa shape index (κ2) is 4.89. The molecule has 2 aliphatic rings. The molecule has 3 N–H and O–H groups in total. The van der Waals surface area contributed by atoms with E-state index >= 15 is 0 Å². The van der Waals surface area contributed by atoms with Crippen molar-refractivity contribution in [1.29, 1.82) is 0 Å². The molecule has 17 heavy (non-hydrogen) atoms. The molecule has 0 radical (unpaired) electrons. The molecule has 0 spiro atoms. The molecule has 98 valence electrons. The fourth-order valence-corrected chi connectivity index (χ4v) is 2.78. The Balaban J connectivity index is 2.19. The summed E-state index contributed by atoms with van der Waals surface area (Å²) in [5, 5.41) is 28.9. The van der Waals surface area contributed by atoms with Crippen molar-refractivity contribution in [3.05, 3.63) is 0 Å². The molecule has 5 atom stereocenters. The topological polar surface area (TPSA) is 90.2 Å². The highest BCUT2D eigenvalue weighted by atomic mass is 16.5. The van der Waals surface area contributed by atoms with Crippen molar-refractivity contribution in [2.75, 3.05) is 13.2 Å². The van der Waals surface area contributed by atoms with Gasteiger partial charge < -0.3 is 25.0 Å². The minimum atomic E-state index is -1.15. The Kier molecular flexibility index (Phi) is 3.67. The maximum absolute atomic E-state index is 11.5. The van der Waals surface area contributed by atoms with E-state index in [0.717, 1.165) is 12.8 Å². The number of aliphatic hydroxyl groups is 3. The summed E-state index contributed by atoms with van der Waals surface area (Å²) in [5.74, 6) is -0.128. The number of rotatable bonds is 1. The lowest BCUT2D eigenvalue weighted by Gasteiger charge is -2.49. The first-order valence-corrected chi connectivity index (χ1v) is 5.96. The molecule has 0 aromatic heterocycles. The lowest BCUT2D eigenvalue weighted by molar-refractivity contribution is -0.223. The van der Waals surface area contributed by atoms with Crippen molar-refractivity contribution >= 4 is 5.91 Å². The number of fused-ring (bicyclic) bond motifs is 1. The molecule has 2 fully saturated rings. The molecule has 6 nitrogen and oxygen atoms in total. The van der Waals surface area contributed by atoms with Gasteiger partial charge in [0.15, 0.2) is 0 Å². The van der Waals surface area contributed by atoms with Gasteiger partial charge in [-0.05, 0) is 12.8 Å². The fourth-order valence-electron chi connectivity index (χ4n) is 2.78. The maximum Gasteiger partial charge on any atom is 0.219 e. The van der Waals surface area contributed by atoms with E-state index in [0.29, 0.717) is 6.54 Å². The van der Waals surface area contributed by atoms with E-state index in [1.807, 2.05) is 0 Å². The smallest absolute Gasteiger partial charge is 0.219 e. The summed E-state index contributed by atoms with van der Waals surface area (Å²) in [4.78, 5) is 13.0. The molecule has 2 aliphatic heterocycles. The van der Waals surface area contributed by atoms with Gasteiger partial charge in [0.1, 0.15) is 18.3 Å². The van der Waals surface area contributed by atoms with Gasteiger partial charge in [-0.3, -0.25) is 4.79 Å². The Hall–Kier alpha value is -0.690. The van der Waals surface area contributed by atoms with Crippen LogP contribution in [-0.2, 0) is 9.53 Å². The second-order valence-electron chi connectivity index (χ2n) is 4.72. The molecule has 1 amide bonds.